The van der Waals surface area contributed by atoms with Crippen LogP contribution >= 0.6 is 15.9 Å². The van der Waals surface area contributed by atoms with Gasteiger partial charge in [0, 0.05) is 16.4 Å². The Hall–Kier alpha value is -1.80. The van der Waals surface area contributed by atoms with Crippen LogP contribution in [0.4, 0.5) is 4.39 Å². The summed E-state index contributed by atoms with van der Waals surface area (Å²) in [5.74, 6) is -1.76. The molecule has 26 heavy (non-hydrogen) atoms. The number of hydrogen-bond acceptors (Lipinski definition) is 4. The summed E-state index contributed by atoms with van der Waals surface area (Å²) in [6.07, 6.45) is 0.270. The first-order valence-electron chi connectivity index (χ1n) is 8.54. The van der Waals surface area contributed by atoms with Crippen LogP contribution in [0.5, 0.6) is 0 Å². The Balaban J connectivity index is 1.61. The molecule has 2 aromatic carbocycles. The molecule has 2 aliphatic heterocycles. The van der Waals surface area contributed by atoms with Crippen LogP contribution in [0.25, 0.3) is 0 Å². The maximum absolute atomic E-state index is 13.2. The van der Waals surface area contributed by atoms with E-state index in [9.17, 15) is 14.3 Å². The van der Waals surface area contributed by atoms with Gasteiger partial charge in [-0.2, -0.15) is 0 Å². The molecular weight excluding hydrogens is 401 g/mol. The second-order valence-corrected chi connectivity index (χ2v) is 7.74. The van der Waals surface area contributed by atoms with Crippen molar-refractivity contribution in [2.45, 2.75) is 24.7 Å². The molecule has 2 saturated heterocycles. The van der Waals surface area contributed by atoms with Crippen molar-refractivity contribution in [3.63, 3.8) is 0 Å². The zero-order valence-corrected chi connectivity index (χ0v) is 15.4. The zero-order chi connectivity index (χ0) is 18.3. The molecule has 2 heterocycles. The SMILES string of the molecule is O=C(O)C1CC(c2ccc(F)cc2)NC2NNC(c3ccc(Br)cc3)C21. The Morgan fingerprint density at radius 1 is 1.04 bits per heavy atom. The van der Waals surface area contributed by atoms with Gasteiger partial charge in [-0.3, -0.25) is 10.1 Å². The standard InChI is InChI=1S/C19H19BrFN3O2/c20-12-5-1-11(2-6-12)17-16-14(19(25)26)9-15(22-18(16)24-23-17)10-3-7-13(21)8-4-10/h1-8,14-18,22-24H,9H2,(H,25,26). The van der Waals surface area contributed by atoms with Crippen LogP contribution in [-0.2, 0) is 4.79 Å². The van der Waals surface area contributed by atoms with Gasteiger partial charge in [-0.25, -0.2) is 15.2 Å². The number of halogens is 2. The fourth-order valence-corrected chi connectivity index (χ4v) is 4.31. The number of carboxylic acid groups (broad SMARTS) is 1. The summed E-state index contributed by atoms with van der Waals surface area (Å²) in [4.78, 5) is 12.0. The molecule has 2 aromatic rings. The lowest BCUT2D eigenvalue weighted by Crippen LogP contribution is -2.53. The van der Waals surface area contributed by atoms with Gasteiger partial charge < -0.3 is 5.11 Å². The Labute approximate surface area is 159 Å². The van der Waals surface area contributed by atoms with Crippen molar-refractivity contribution in [2.75, 3.05) is 0 Å². The molecule has 5 unspecified atom stereocenters. The lowest BCUT2D eigenvalue weighted by molar-refractivity contribution is -0.146. The second kappa shape index (κ2) is 7.08. The first-order valence-corrected chi connectivity index (χ1v) is 9.33. The summed E-state index contributed by atoms with van der Waals surface area (Å²) in [6.45, 7) is 0. The topological polar surface area (TPSA) is 73.4 Å². The highest BCUT2D eigenvalue weighted by molar-refractivity contribution is 9.10. The number of piperidine rings is 1. The Morgan fingerprint density at radius 3 is 2.35 bits per heavy atom. The van der Waals surface area contributed by atoms with Crippen molar-refractivity contribution in [2.24, 2.45) is 11.8 Å². The number of aliphatic carboxylic acids is 1. The molecule has 2 fully saturated rings. The zero-order valence-electron chi connectivity index (χ0n) is 13.8. The molecule has 4 rings (SSSR count). The number of hydrazine groups is 1. The number of rotatable bonds is 3. The third-order valence-corrected chi connectivity index (χ3v) is 5.85. The quantitative estimate of drug-likeness (QED) is 0.614. The third kappa shape index (κ3) is 3.27. The maximum atomic E-state index is 13.2. The smallest absolute Gasteiger partial charge is 0.307 e. The molecule has 0 aliphatic carbocycles. The van der Waals surface area contributed by atoms with Gasteiger partial charge in [0.25, 0.3) is 0 Å². The van der Waals surface area contributed by atoms with E-state index in [1.807, 2.05) is 24.3 Å². The monoisotopic (exact) mass is 419 g/mol. The van der Waals surface area contributed by atoms with Crippen molar-refractivity contribution in [3.05, 3.63) is 69.9 Å². The van der Waals surface area contributed by atoms with Crippen LogP contribution in [0.3, 0.4) is 0 Å². The highest BCUT2D eigenvalue weighted by Crippen LogP contribution is 2.42. The lowest BCUT2D eigenvalue weighted by Gasteiger charge is -2.39. The second-order valence-electron chi connectivity index (χ2n) is 6.82. The molecule has 0 aromatic heterocycles. The summed E-state index contributed by atoms with van der Waals surface area (Å²) in [5, 5.41) is 13.3. The average molecular weight is 420 g/mol. The minimum absolute atomic E-state index is 0.101. The van der Waals surface area contributed by atoms with Crippen molar-refractivity contribution in [3.8, 4) is 0 Å². The predicted octanol–water partition coefficient (Wildman–Crippen LogP) is 3.11. The van der Waals surface area contributed by atoms with E-state index in [1.54, 1.807) is 12.1 Å². The normalized spacial score (nSPS) is 30.8. The average Bonchev–Trinajstić information content (AvgIpc) is 3.06. The van der Waals surface area contributed by atoms with E-state index in [4.69, 9.17) is 0 Å². The van der Waals surface area contributed by atoms with E-state index in [-0.39, 0.29) is 30.0 Å². The van der Waals surface area contributed by atoms with E-state index >= 15 is 0 Å². The highest BCUT2D eigenvalue weighted by atomic mass is 79.9. The molecule has 0 amide bonds. The molecule has 2 aliphatic rings. The van der Waals surface area contributed by atoms with Gasteiger partial charge >= 0.3 is 5.97 Å². The number of fused-ring (bicyclic) bond motifs is 1. The highest BCUT2D eigenvalue weighted by Gasteiger charge is 2.49. The van der Waals surface area contributed by atoms with Gasteiger partial charge in [-0.05, 0) is 41.8 Å². The summed E-state index contributed by atoms with van der Waals surface area (Å²) in [6, 6.07) is 13.9. The van der Waals surface area contributed by atoms with Gasteiger partial charge in [0.1, 0.15) is 5.82 Å². The Kier molecular flexibility index (Phi) is 4.79. The predicted molar refractivity (Wildman–Crippen MR) is 98.5 cm³/mol. The van der Waals surface area contributed by atoms with E-state index in [2.05, 4.69) is 32.1 Å². The van der Waals surface area contributed by atoms with Crippen LogP contribution in [0.15, 0.2) is 53.0 Å². The molecule has 5 atom stereocenters. The fourth-order valence-electron chi connectivity index (χ4n) is 4.05. The van der Waals surface area contributed by atoms with Crippen LogP contribution in [0, 0.1) is 17.7 Å². The first-order chi connectivity index (χ1) is 12.5. The minimum atomic E-state index is -0.804. The van der Waals surface area contributed by atoms with Gasteiger partial charge in [-0.15, -0.1) is 0 Å². The number of hydrogen-bond donors (Lipinski definition) is 4. The molecule has 0 bridgehead atoms. The van der Waals surface area contributed by atoms with Crippen LogP contribution < -0.4 is 16.2 Å². The first kappa shape index (κ1) is 17.6. The number of carboxylic acids is 1. The summed E-state index contributed by atoms with van der Waals surface area (Å²) in [7, 11) is 0. The number of carbonyl (C=O) groups is 1. The third-order valence-electron chi connectivity index (χ3n) is 5.32. The van der Waals surface area contributed by atoms with Crippen LogP contribution in [-0.4, -0.2) is 17.2 Å². The van der Waals surface area contributed by atoms with Crippen molar-refractivity contribution in [1.29, 1.82) is 0 Å². The fraction of sp³-hybridized carbons (Fsp3) is 0.316. The molecule has 0 radical (unpaired) electrons. The van der Waals surface area contributed by atoms with E-state index in [1.165, 1.54) is 12.1 Å². The van der Waals surface area contributed by atoms with Gasteiger partial charge in [0.15, 0.2) is 0 Å². The van der Waals surface area contributed by atoms with E-state index < -0.39 is 11.9 Å². The van der Waals surface area contributed by atoms with E-state index in [0.29, 0.717) is 6.42 Å². The van der Waals surface area contributed by atoms with Crippen molar-refractivity contribution in [1.82, 2.24) is 16.2 Å². The largest absolute Gasteiger partial charge is 0.481 e. The summed E-state index contributed by atoms with van der Waals surface area (Å²) < 4.78 is 14.2. The molecule has 0 saturated carbocycles. The summed E-state index contributed by atoms with van der Waals surface area (Å²) >= 11 is 3.43. The lowest BCUT2D eigenvalue weighted by atomic mass is 9.75. The van der Waals surface area contributed by atoms with Gasteiger partial charge in [-0.1, -0.05) is 40.2 Å². The molecular formula is C19H19BrFN3O2. The van der Waals surface area contributed by atoms with E-state index in [0.717, 1.165) is 15.6 Å². The van der Waals surface area contributed by atoms with Crippen molar-refractivity contribution >= 4 is 21.9 Å². The van der Waals surface area contributed by atoms with Crippen LogP contribution in [0.1, 0.15) is 29.6 Å². The van der Waals surface area contributed by atoms with Crippen molar-refractivity contribution < 1.29 is 14.3 Å². The Bertz CT molecular complexity index is 799. The van der Waals surface area contributed by atoms with Crippen LogP contribution in [0.2, 0.25) is 0 Å². The molecule has 0 spiro atoms. The Morgan fingerprint density at radius 2 is 1.69 bits per heavy atom. The number of benzene rings is 2. The number of nitrogens with one attached hydrogen (secondary N) is 3. The molecule has 136 valence electrons. The van der Waals surface area contributed by atoms with Gasteiger partial charge in [0.05, 0.1) is 18.1 Å². The minimum Gasteiger partial charge on any atom is -0.481 e. The maximum Gasteiger partial charge on any atom is 0.307 e. The molecule has 5 nitrogen and oxygen atoms in total. The van der Waals surface area contributed by atoms with Gasteiger partial charge in [0.2, 0.25) is 0 Å². The molecule has 4 N–H and O–H groups in total. The summed E-state index contributed by atoms with van der Waals surface area (Å²) in [5.41, 5.74) is 8.39. The molecule has 7 heteroatoms.